The molecule has 0 aromatic heterocycles. The Hall–Kier alpha value is -5.96. The van der Waals surface area contributed by atoms with E-state index in [1.54, 1.807) is 37.3 Å². The van der Waals surface area contributed by atoms with Crippen LogP contribution in [-0.2, 0) is 19.2 Å². The maximum atomic E-state index is 14.4. The monoisotopic (exact) mass is 662 g/mol. The first-order valence-electron chi connectivity index (χ1n) is 16.7. The zero-order valence-electron chi connectivity index (χ0n) is 27.8. The average molecular weight is 663 g/mol. The van der Waals surface area contributed by atoms with Crippen LogP contribution in [0.2, 0.25) is 0 Å². The Morgan fingerprint density at radius 3 is 2.18 bits per heavy atom. The lowest BCUT2D eigenvalue weighted by Gasteiger charge is -2.42. The smallest absolute Gasteiger partial charge is 0.238 e. The fraction of sp³-hybridized carbons (Fsp3) is 0.220. The number of phenolic OH excluding ortho intramolecular Hbond substituents is 1. The number of Topliss-reactive ketones (excluding diaryl/α,β-unsaturated/α-hetero) is 1. The van der Waals surface area contributed by atoms with Crippen molar-refractivity contribution in [3.63, 3.8) is 0 Å². The lowest BCUT2D eigenvalue weighted by molar-refractivity contribution is -0.123. The van der Waals surface area contributed by atoms with Crippen LogP contribution in [0.5, 0.6) is 5.75 Å². The predicted octanol–water partition coefficient (Wildman–Crippen LogP) is 7.66. The van der Waals surface area contributed by atoms with Gasteiger partial charge in [0.15, 0.2) is 11.6 Å². The van der Waals surface area contributed by atoms with Crippen molar-refractivity contribution in [1.82, 2.24) is 0 Å². The third-order valence-electron chi connectivity index (χ3n) is 10.6. The minimum Gasteiger partial charge on any atom is -0.508 e. The number of anilines is 2. The molecule has 1 fully saturated rings. The van der Waals surface area contributed by atoms with Gasteiger partial charge in [0.25, 0.3) is 0 Å². The summed E-state index contributed by atoms with van der Waals surface area (Å²) in [6, 6.07) is 25.5. The normalized spacial score (nSPS) is 23.2. The van der Waals surface area contributed by atoms with Crippen molar-refractivity contribution >= 4 is 56.9 Å². The molecule has 0 bridgehead atoms. The predicted molar refractivity (Wildman–Crippen MR) is 191 cm³/mol. The molecule has 9 heteroatoms. The van der Waals surface area contributed by atoms with E-state index in [1.807, 2.05) is 79.7 Å². The van der Waals surface area contributed by atoms with Crippen molar-refractivity contribution in [2.45, 2.75) is 25.7 Å². The van der Waals surface area contributed by atoms with Crippen molar-refractivity contribution < 1.29 is 24.3 Å². The van der Waals surface area contributed by atoms with Gasteiger partial charge in [-0.1, -0.05) is 42.0 Å². The Labute approximate surface area is 288 Å². The maximum Gasteiger partial charge on any atom is 0.238 e. The van der Waals surface area contributed by atoms with Crippen LogP contribution in [0.1, 0.15) is 31.2 Å². The Morgan fingerprint density at radius 2 is 1.48 bits per heavy atom. The molecule has 248 valence electrons. The first-order valence-corrected chi connectivity index (χ1v) is 16.7. The van der Waals surface area contributed by atoms with E-state index in [-0.39, 0.29) is 35.6 Å². The number of nitrogens with zero attached hydrogens (tertiary/aromatic N) is 4. The molecule has 1 heterocycles. The SMILES string of the molecule is CC1=CC(=O)C2=C(C[C@@H]3C(=CC[C@@H]4C(=O)N(c5ccc(N=Nc6ccc(N(C)C)cc6)cc5)C(=O)[C@@H]43)[C@@H]2c2c(O)ccc3ccccc23)C1=O. The van der Waals surface area contributed by atoms with Gasteiger partial charge in [-0.2, -0.15) is 10.2 Å². The average Bonchev–Trinajstić information content (AvgIpc) is 3.38. The Kier molecular flexibility index (Phi) is 7.44. The Bertz CT molecular complexity index is 2260. The van der Waals surface area contributed by atoms with Crippen molar-refractivity contribution in [2.75, 3.05) is 23.9 Å². The van der Waals surface area contributed by atoms with E-state index in [0.29, 0.717) is 45.8 Å². The van der Waals surface area contributed by atoms with Crippen molar-refractivity contribution in [2.24, 2.45) is 28.0 Å². The number of amides is 2. The van der Waals surface area contributed by atoms with E-state index in [4.69, 9.17) is 0 Å². The number of aromatic hydroxyl groups is 1. The first-order chi connectivity index (χ1) is 24.1. The van der Waals surface area contributed by atoms with Gasteiger partial charge in [-0.15, -0.1) is 0 Å². The van der Waals surface area contributed by atoms with E-state index in [2.05, 4.69) is 10.2 Å². The van der Waals surface area contributed by atoms with Gasteiger partial charge in [0, 0.05) is 48.0 Å². The quantitative estimate of drug-likeness (QED) is 0.101. The van der Waals surface area contributed by atoms with Gasteiger partial charge >= 0.3 is 0 Å². The second-order valence-corrected chi connectivity index (χ2v) is 13.6. The van der Waals surface area contributed by atoms with Crippen LogP contribution in [0.4, 0.5) is 22.7 Å². The zero-order valence-corrected chi connectivity index (χ0v) is 27.8. The van der Waals surface area contributed by atoms with Crippen LogP contribution in [-0.4, -0.2) is 42.6 Å². The maximum absolute atomic E-state index is 14.4. The number of hydrogen-bond donors (Lipinski definition) is 1. The highest BCUT2D eigenvalue weighted by atomic mass is 16.3. The summed E-state index contributed by atoms with van der Waals surface area (Å²) in [5.74, 6) is -3.72. The van der Waals surface area contributed by atoms with Crippen LogP contribution < -0.4 is 9.80 Å². The molecular formula is C41H34N4O5. The summed E-state index contributed by atoms with van der Waals surface area (Å²) in [5, 5.41) is 21.7. The first kappa shape index (κ1) is 31.3. The Balaban J connectivity index is 1.14. The molecule has 50 heavy (non-hydrogen) atoms. The molecule has 4 atom stereocenters. The molecule has 4 aromatic rings. The topological polar surface area (TPSA) is 120 Å². The van der Waals surface area contributed by atoms with Crippen molar-refractivity contribution in [3.8, 4) is 5.75 Å². The molecule has 9 nitrogen and oxygen atoms in total. The second kappa shape index (κ2) is 11.9. The molecule has 3 aliphatic carbocycles. The number of imide groups is 1. The number of phenols is 1. The van der Waals surface area contributed by atoms with E-state index < -0.39 is 23.7 Å². The van der Waals surface area contributed by atoms with Gasteiger partial charge in [0.05, 0.1) is 28.9 Å². The summed E-state index contributed by atoms with van der Waals surface area (Å²) in [5.41, 5.74) is 5.13. The van der Waals surface area contributed by atoms with E-state index in [1.165, 1.54) is 11.0 Å². The molecule has 8 rings (SSSR count). The number of benzene rings is 4. The standard InChI is InChI=1S/C41H34N4O5/c1-22-20-34(47)37-32(39(22)48)21-31-29(38(37)36-28-7-5-4-6-23(28)8-19-33(36)46)17-18-30-35(31)41(50)45(40(30)49)27-15-11-25(12-16-27)43-42-24-9-13-26(14-10-24)44(2)3/h4-17,19-20,30-31,35,38,46H,18,21H2,1-3H3/t30-,31+,35-,38+/m0/s1. The molecule has 1 saturated heterocycles. The Morgan fingerprint density at radius 1 is 0.800 bits per heavy atom. The molecule has 1 N–H and O–H groups in total. The fourth-order valence-corrected chi connectivity index (χ4v) is 8.16. The van der Waals surface area contributed by atoms with Crippen molar-refractivity contribution in [1.29, 1.82) is 0 Å². The second-order valence-electron chi connectivity index (χ2n) is 13.6. The lowest BCUT2D eigenvalue weighted by Crippen LogP contribution is -2.39. The number of fused-ring (bicyclic) bond motifs is 4. The number of ketones is 2. The molecule has 0 unspecified atom stereocenters. The van der Waals surface area contributed by atoms with Gasteiger partial charge < -0.3 is 10.0 Å². The lowest BCUT2D eigenvalue weighted by atomic mass is 9.59. The van der Waals surface area contributed by atoms with Crippen molar-refractivity contribution in [3.05, 3.63) is 125 Å². The fourth-order valence-electron chi connectivity index (χ4n) is 8.16. The minimum atomic E-state index is -0.739. The highest BCUT2D eigenvalue weighted by Crippen LogP contribution is 2.57. The van der Waals surface area contributed by atoms with Crippen LogP contribution in [0.3, 0.4) is 0 Å². The number of hydrogen-bond acceptors (Lipinski definition) is 8. The highest BCUT2D eigenvalue weighted by Gasteiger charge is 2.57. The van der Waals surface area contributed by atoms with Gasteiger partial charge in [0.1, 0.15) is 5.75 Å². The van der Waals surface area contributed by atoms with E-state index >= 15 is 0 Å². The van der Waals surface area contributed by atoms with Gasteiger partial charge in [-0.25, -0.2) is 0 Å². The number of rotatable bonds is 5. The van der Waals surface area contributed by atoms with Crippen LogP contribution in [0, 0.1) is 17.8 Å². The molecule has 0 spiro atoms. The third-order valence-corrected chi connectivity index (χ3v) is 10.6. The van der Waals surface area contributed by atoms with Crippen LogP contribution in [0.15, 0.2) is 130 Å². The largest absolute Gasteiger partial charge is 0.508 e. The molecule has 0 radical (unpaired) electrons. The van der Waals surface area contributed by atoms with Crippen LogP contribution in [0.25, 0.3) is 10.8 Å². The highest BCUT2D eigenvalue weighted by molar-refractivity contribution is 6.25. The number of carbonyl (C=O) groups is 4. The van der Waals surface area contributed by atoms with Crippen LogP contribution >= 0.6 is 0 Å². The van der Waals surface area contributed by atoms with Gasteiger partial charge in [-0.05, 0) is 97.1 Å². The summed E-state index contributed by atoms with van der Waals surface area (Å²) < 4.78 is 0. The number of azo groups is 1. The third kappa shape index (κ3) is 4.91. The molecule has 4 aromatic carbocycles. The van der Waals surface area contributed by atoms with E-state index in [9.17, 15) is 24.3 Å². The summed E-state index contributed by atoms with van der Waals surface area (Å²) in [6.07, 6.45) is 3.81. The molecule has 0 saturated carbocycles. The number of carbonyl (C=O) groups excluding carboxylic acids is 4. The summed E-state index contributed by atoms with van der Waals surface area (Å²) in [6.45, 7) is 1.62. The van der Waals surface area contributed by atoms with Gasteiger partial charge in [0.2, 0.25) is 11.8 Å². The summed E-state index contributed by atoms with van der Waals surface area (Å²) in [7, 11) is 3.93. The zero-order chi connectivity index (χ0) is 34.8. The molecular weight excluding hydrogens is 628 g/mol. The summed E-state index contributed by atoms with van der Waals surface area (Å²) >= 11 is 0. The number of allylic oxidation sites excluding steroid dienone is 6. The molecule has 4 aliphatic rings. The summed E-state index contributed by atoms with van der Waals surface area (Å²) in [4.78, 5) is 59.0. The minimum absolute atomic E-state index is 0.00835. The molecule has 1 aliphatic heterocycles. The molecule has 2 amide bonds. The van der Waals surface area contributed by atoms with Gasteiger partial charge in [-0.3, -0.25) is 24.1 Å². The van der Waals surface area contributed by atoms with E-state index in [0.717, 1.165) is 22.0 Å².